The molecule has 6 nitrogen and oxygen atoms in total. The second-order valence-electron chi connectivity index (χ2n) is 10.6. The number of carbonyl (C=O) groups excluding carboxylic acids is 1. The van der Waals surface area contributed by atoms with E-state index in [0.717, 1.165) is 25.7 Å². The van der Waals surface area contributed by atoms with E-state index in [1.54, 1.807) is 0 Å². The largest absolute Gasteiger partial charge is 0.443 e. The second-order valence-corrected chi connectivity index (χ2v) is 10.6. The molecule has 2 atom stereocenters. The standard InChI is InChI=1S/C22H40N2O4/c1-9-20(4,5)27-11-10-21(6,7)28-18(25)24-15-22(8)13-17(26-16-23)12-19(2,3)14-22/h17H,9-15H2,1-8H3,(H,24,25). The van der Waals surface area contributed by atoms with Crippen LogP contribution in [0.15, 0.2) is 0 Å². The van der Waals surface area contributed by atoms with E-state index in [1.165, 1.54) is 0 Å². The lowest BCUT2D eigenvalue weighted by Gasteiger charge is -2.45. The molecular formula is C22H40N2O4. The Morgan fingerprint density at radius 2 is 1.82 bits per heavy atom. The van der Waals surface area contributed by atoms with Gasteiger partial charge in [-0.25, -0.2) is 4.79 Å². The lowest BCUT2D eigenvalue weighted by atomic mass is 9.63. The summed E-state index contributed by atoms with van der Waals surface area (Å²) >= 11 is 0. The number of nitriles is 1. The lowest BCUT2D eigenvalue weighted by molar-refractivity contribution is -0.0521. The van der Waals surface area contributed by atoms with E-state index in [2.05, 4.69) is 46.9 Å². The molecule has 6 heteroatoms. The van der Waals surface area contributed by atoms with Gasteiger partial charge in [-0.2, -0.15) is 5.26 Å². The maximum atomic E-state index is 12.4. The van der Waals surface area contributed by atoms with Crippen LogP contribution in [0.1, 0.15) is 87.5 Å². The summed E-state index contributed by atoms with van der Waals surface area (Å²) in [5.74, 6) is 0. The van der Waals surface area contributed by atoms with Crippen molar-refractivity contribution >= 4 is 6.09 Å². The predicted molar refractivity (Wildman–Crippen MR) is 110 cm³/mol. The van der Waals surface area contributed by atoms with E-state index in [-0.39, 0.29) is 22.5 Å². The number of nitrogens with one attached hydrogen (secondary N) is 1. The smallest absolute Gasteiger partial charge is 0.407 e. The summed E-state index contributed by atoms with van der Waals surface area (Å²) in [5, 5.41) is 11.8. The van der Waals surface area contributed by atoms with Crippen LogP contribution >= 0.6 is 0 Å². The van der Waals surface area contributed by atoms with Crippen molar-refractivity contribution in [3.63, 3.8) is 0 Å². The summed E-state index contributed by atoms with van der Waals surface area (Å²) in [5.41, 5.74) is -0.848. The van der Waals surface area contributed by atoms with Crippen molar-refractivity contribution in [2.24, 2.45) is 10.8 Å². The quantitative estimate of drug-likeness (QED) is 0.544. The highest BCUT2D eigenvalue weighted by atomic mass is 16.6. The van der Waals surface area contributed by atoms with Crippen molar-refractivity contribution in [1.82, 2.24) is 5.32 Å². The van der Waals surface area contributed by atoms with E-state index in [4.69, 9.17) is 19.5 Å². The van der Waals surface area contributed by atoms with Gasteiger partial charge >= 0.3 is 6.09 Å². The van der Waals surface area contributed by atoms with E-state index >= 15 is 0 Å². The van der Waals surface area contributed by atoms with Gasteiger partial charge in [0, 0.05) is 13.0 Å². The first-order valence-electron chi connectivity index (χ1n) is 10.4. The summed E-state index contributed by atoms with van der Waals surface area (Å²) < 4.78 is 16.7. The van der Waals surface area contributed by atoms with Gasteiger partial charge in [0.2, 0.25) is 0 Å². The Bertz CT molecular complexity index is 565. The summed E-state index contributed by atoms with van der Waals surface area (Å²) in [6.45, 7) is 17.5. The number of nitrogens with zero attached hydrogens (tertiary/aromatic N) is 1. The van der Waals surface area contributed by atoms with E-state index < -0.39 is 11.7 Å². The number of carbonyl (C=O) groups is 1. The molecule has 1 N–H and O–H groups in total. The van der Waals surface area contributed by atoms with Crippen molar-refractivity contribution in [1.29, 1.82) is 5.26 Å². The van der Waals surface area contributed by atoms with Crippen molar-refractivity contribution in [2.45, 2.75) is 105 Å². The molecule has 0 heterocycles. The van der Waals surface area contributed by atoms with Crippen molar-refractivity contribution < 1.29 is 19.0 Å². The highest BCUT2D eigenvalue weighted by molar-refractivity contribution is 5.67. The fourth-order valence-corrected chi connectivity index (χ4v) is 4.13. The highest BCUT2D eigenvalue weighted by Gasteiger charge is 2.42. The molecular weight excluding hydrogens is 356 g/mol. The van der Waals surface area contributed by atoms with Gasteiger partial charge in [-0.15, -0.1) is 0 Å². The first-order valence-corrected chi connectivity index (χ1v) is 10.4. The first-order chi connectivity index (χ1) is 12.7. The summed E-state index contributed by atoms with van der Waals surface area (Å²) in [6, 6.07) is 0. The second kappa shape index (κ2) is 9.35. The topological polar surface area (TPSA) is 80.6 Å². The maximum Gasteiger partial charge on any atom is 0.407 e. The zero-order valence-electron chi connectivity index (χ0n) is 19.1. The van der Waals surface area contributed by atoms with Gasteiger partial charge < -0.3 is 19.5 Å². The third-order valence-electron chi connectivity index (χ3n) is 5.70. The fraction of sp³-hybridized carbons (Fsp3) is 0.909. The zero-order chi connectivity index (χ0) is 21.6. The Kier molecular flexibility index (Phi) is 8.20. The highest BCUT2D eigenvalue weighted by Crippen LogP contribution is 2.46. The lowest BCUT2D eigenvalue weighted by Crippen LogP contribution is -2.46. The summed E-state index contributed by atoms with van der Waals surface area (Å²) in [4.78, 5) is 12.4. The van der Waals surface area contributed by atoms with Crippen LogP contribution in [0.4, 0.5) is 4.79 Å². The van der Waals surface area contributed by atoms with E-state index in [0.29, 0.717) is 19.6 Å². The Balaban J connectivity index is 2.52. The number of hydrogen-bond acceptors (Lipinski definition) is 5. The Morgan fingerprint density at radius 3 is 2.39 bits per heavy atom. The summed E-state index contributed by atoms with van der Waals surface area (Å²) in [7, 11) is 0. The van der Waals surface area contributed by atoms with Crippen LogP contribution in [0.5, 0.6) is 0 Å². The third kappa shape index (κ3) is 8.68. The minimum atomic E-state index is -0.604. The number of hydrogen-bond donors (Lipinski definition) is 1. The molecule has 28 heavy (non-hydrogen) atoms. The van der Waals surface area contributed by atoms with Gasteiger partial charge in [0.25, 0.3) is 6.26 Å². The van der Waals surface area contributed by atoms with Crippen LogP contribution < -0.4 is 5.32 Å². The normalized spacial score (nSPS) is 24.9. The zero-order valence-corrected chi connectivity index (χ0v) is 19.1. The van der Waals surface area contributed by atoms with Gasteiger partial charge in [-0.1, -0.05) is 27.7 Å². The van der Waals surface area contributed by atoms with Crippen LogP contribution in [0.2, 0.25) is 0 Å². The minimum absolute atomic E-state index is 0.0583. The van der Waals surface area contributed by atoms with Crippen LogP contribution in [0.3, 0.4) is 0 Å². The van der Waals surface area contributed by atoms with Crippen LogP contribution in [-0.2, 0) is 14.2 Å². The third-order valence-corrected chi connectivity index (χ3v) is 5.70. The van der Waals surface area contributed by atoms with Crippen LogP contribution in [0, 0.1) is 22.3 Å². The molecule has 1 aliphatic carbocycles. The number of rotatable bonds is 9. The van der Waals surface area contributed by atoms with Gasteiger partial charge in [0.1, 0.15) is 11.7 Å². The van der Waals surface area contributed by atoms with Crippen molar-refractivity contribution in [3.8, 4) is 6.26 Å². The molecule has 1 fully saturated rings. The van der Waals surface area contributed by atoms with Gasteiger partial charge in [0.05, 0.1) is 12.2 Å². The number of ether oxygens (including phenoxy) is 3. The Labute approximate surface area is 171 Å². The molecule has 0 aromatic heterocycles. The number of alkyl carbamates (subject to hydrolysis) is 1. The van der Waals surface area contributed by atoms with Gasteiger partial charge in [-0.05, 0) is 64.2 Å². The summed E-state index contributed by atoms with van der Waals surface area (Å²) in [6.07, 6.45) is 5.41. The molecule has 1 amide bonds. The van der Waals surface area contributed by atoms with E-state index in [9.17, 15) is 4.79 Å². The molecule has 0 saturated heterocycles. The first kappa shape index (κ1) is 24.6. The molecule has 0 spiro atoms. The van der Waals surface area contributed by atoms with Crippen molar-refractivity contribution in [2.75, 3.05) is 13.2 Å². The van der Waals surface area contributed by atoms with Crippen molar-refractivity contribution in [3.05, 3.63) is 0 Å². The number of amides is 1. The molecule has 1 saturated carbocycles. The van der Waals surface area contributed by atoms with Gasteiger partial charge in [-0.3, -0.25) is 0 Å². The average Bonchev–Trinajstić information content (AvgIpc) is 2.50. The Hall–Kier alpha value is -1.48. The molecule has 0 bridgehead atoms. The molecule has 2 unspecified atom stereocenters. The fourth-order valence-electron chi connectivity index (χ4n) is 4.13. The molecule has 0 radical (unpaired) electrons. The molecule has 0 aromatic rings. The monoisotopic (exact) mass is 396 g/mol. The van der Waals surface area contributed by atoms with Crippen LogP contribution in [0.25, 0.3) is 0 Å². The molecule has 162 valence electrons. The molecule has 0 aliphatic heterocycles. The Morgan fingerprint density at radius 1 is 1.18 bits per heavy atom. The molecule has 1 aliphatic rings. The minimum Gasteiger partial charge on any atom is -0.443 e. The van der Waals surface area contributed by atoms with Crippen LogP contribution in [-0.4, -0.2) is 36.6 Å². The van der Waals surface area contributed by atoms with E-state index in [1.807, 2.05) is 20.1 Å². The van der Waals surface area contributed by atoms with Gasteiger partial charge in [0.15, 0.2) is 0 Å². The molecule has 1 rings (SSSR count). The SMILES string of the molecule is CCC(C)(C)OCCC(C)(C)OC(=O)NCC1(C)CC(OC#N)CC(C)(C)C1. The maximum absolute atomic E-state index is 12.4. The molecule has 0 aromatic carbocycles. The average molecular weight is 397 g/mol. The predicted octanol–water partition coefficient (Wildman–Crippen LogP) is 5.17.